The van der Waals surface area contributed by atoms with Crippen molar-refractivity contribution < 1.29 is 4.92 Å². The number of para-hydroxylation sites is 1. The van der Waals surface area contributed by atoms with Crippen LogP contribution in [-0.2, 0) is 13.0 Å². The Morgan fingerprint density at radius 1 is 1.21 bits per heavy atom. The van der Waals surface area contributed by atoms with Gasteiger partial charge in [0.25, 0.3) is 5.69 Å². The highest BCUT2D eigenvalue weighted by molar-refractivity contribution is 14.0. The minimum absolute atomic E-state index is 0. The minimum atomic E-state index is -0.389. The maximum Gasteiger partial charge on any atom is 0.269 e. The number of non-ortho nitro benzene ring substituents is 1. The van der Waals surface area contributed by atoms with Gasteiger partial charge in [0.15, 0.2) is 5.96 Å². The standard InChI is InChI=1S/C20H23N5O2.HI/c1-14-5-3-8-18-16(13-23-19(14)18)9-10-22-20(21-2)24-12-15-6-4-7-17(11-15)25(26)27;/h3-8,11,13,23H,9-10,12H2,1-2H3,(H2,21,22,24);1H. The van der Waals surface area contributed by atoms with E-state index in [2.05, 4.69) is 51.9 Å². The molecule has 0 radical (unpaired) electrons. The first kappa shape index (κ1) is 21.7. The van der Waals surface area contributed by atoms with Crippen LogP contribution in [0, 0.1) is 17.0 Å². The summed E-state index contributed by atoms with van der Waals surface area (Å²) in [6.07, 6.45) is 2.92. The van der Waals surface area contributed by atoms with Crippen molar-refractivity contribution >= 4 is 46.5 Å². The Morgan fingerprint density at radius 2 is 2.00 bits per heavy atom. The molecular formula is C20H24IN5O2. The number of aryl methyl sites for hydroxylation is 1. The lowest BCUT2D eigenvalue weighted by molar-refractivity contribution is -0.384. The summed E-state index contributed by atoms with van der Waals surface area (Å²) in [4.78, 5) is 18.0. The van der Waals surface area contributed by atoms with Crippen molar-refractivity contribution in [2.75, 3.05) is 13.6 Å². The molecule has 7 nitrogen and oxygen atoms in total. The fourth-order valence-corrected chi connectivity index (χ4v) is 3.07. The lowest BCUT2D eigenvalue weighted by Gasteiger charge is -2.11. The van der Waals surface area contributed by atoms with Crippen LogP contribution in [0.5, 0.6) is 0 Å². The molecule has 0 bridgehead atoms. The lowest BCUT2D eigenvalue weighted by Crippen LogP contribution is -2.37. The first-order valence-electron chi connectivity index (χ1n) is 8.82. The molecule has 0 saturated heterocycles. The van der Waals surface area contributed by atoms with E-state index < -0.39 is 0 Å². The predicted octanol–water partition coefficient (Wildman–Crippen LogP) is 3.91. The van der Waals surface area contributed by atoms with Crippen LogP contribution in [0.1, 0.15) is 16.7 Å². The zero-order valence-electron chi connectivity index (χ0n) is 15.9. The largest absolute Gasteiger partial charge is 0.361 e. The summed E-state index contributed by atoms with van der Waals surface area (Å²) in [7, 11) is 1.71. The van der Waals surface area contributed by atoms with Crippen LogP contribution < -0.4 is 10.6 Å². The zero-order valence-corrected chi connectivity index (χ0v) is 18.2. The molecule has 0 aliphatic carbocycles. The molecule has 0 saturated carbocycles. The van der Waals surface area contributed by atoms with Gasteiger partial charge in [0, 0.05) is 49.4 Å². The Bertz CT molecular complexity index is 984. The number of hydrogen-bond donors (Lipinski definition) is 3. The Labute approximate surface area is 180 Å². The third-order valence-electron chi connectivity index (χ3n) is 4.50. The van der Waals surface area contributed by atoms with E-state index in [0.29, 0.717) is 12.5 Å². The number of fused-ring (bicyclic) bond motifs is 1. The fourth-order valence-electron chi connectivity index (χ4n) is 3.07. The van der Waals surface area contributed by atoms with Crippen LogP contribution in [0.25, 0.3) is 10.9 Å². The Morgan fingerprint density at radius 3 is 2.75 bits per heavy atom. The van der Waals surface area contributed by atoms with Crippen LogP contribution in [0.15, 0.2) is 53.7 Å². The fraction of sp³-hybridized carbons (Fsp3) is 0.250. The first-order chi connectivity index (χ1) is 13.1. The highest BCUT2D eigenvalue weighted by Crippen LogP contribution is 2.21. The van der Waals surface area contributed by atoms with E-state index in [1.165, 1.54) is 28.1 Å². The average Bonchev–Trinajstić information content (AvgIpc) is 3.09. The molecule has 8 heteroatoms. The normalized spacial score (nSPS) is 11.1. The van der Waals surface area contributed by atoms with Gasteiger partial charge < -0.3 is 15.6 Å². The molecule has 28 heavy (non-hydrogen) atoms. The van der Waals surface area contributed by atoms with E-state index in [0.717, 1.165) is 18.5 Å². The Kier molecular flexibility index (Phi) is 7.80. The molecule has 0 aliphatic rings. The third kappa shape index (κ3) is 5.22. The summed E-state index contributed by atoms with van der Waals surface area (Å²) in [5, 5.41) is 18.6. The number of nitrogens with one attached hydrogen (secondary N) is 3. The number of guanidine groups is 1. The molecule has 148 valence electrons. The highest BCUT2D eigenvalue weighted by Gasteiger charge is 2.07. The van der Waals surface area contributed by atoms with Gasteiger partial charge in [0.05, 0.1) is 4.92 Å². The molecule has 2 aromatic carbocycles. The SMILES string of the molecule is CN=C(NCCc1c[nH]c2c(C)cccc12)NCc1cccc([N+](=O)[O-])c1.I. The molecule has 0 spiro atoms. The number of nitro groups is 1. The molecule has 0 unspecified atom stereocenters. The van der Waals surface area contributed by atoms with Gasteiger partial charge in [0.1, 0.15) is 0 Å². The van der Waals surface area contributed by atoms with Crippen LogP contribution >= 0.6 is 24.0 Å². The summed E-state index contributed by atoms with van der Waals surface area (Å²) in [5.41, 5.74) is 4.60. The monoisotopic (exact) mass is 493 g/mol. The minimum Gasteiger partial charge on any atom is -0.361 e. The van der Waals surface area contributed by atoms with Crippen molar-refractivity contribution in [3.05, 3.63) is 75.5 Å². The second-order valence-electron chi connectivity index (χ2n) is 6.34. The zero-order chi connectivity index (χ0) is 19.2. The second kappa shape index (κ2) is 10.1. The lowest BCUT2D eigenvalue weighted by atomic mass is 10.1. The highest BCUT2D eigenvalue weighted by atomic mass is 127. The van der Waals surface area contributed by atoms with Gasteiger partial charge in [-0.3, -0.25) is 15.1 Å². The molecule has 3 rings (SSSR count). The molecule has 3 N–H and O–H groups in total. The van der Waals surface area contributed by atoms with Gasteiger partial charge in [-0.05, 0) is 30.0 Å². The number of aromatic amines is 1. The smallest absolute Gasteiger partial charge is 0.269 e. The number of aromatic nitrogens is 1. The number of nitrogens with zero attached hydrogens (tertiary/aromatic N) is 2. The van der Waals surface area contributed by atoms with E-state index in [9.17, 15) is 10.1 Å². The molecule has 1 heterocycles. The van der Waals surface area contributed by atoms with Crippen molar-refractivity contribution in [2.24, 2.45) is 4.99 Å². The Hall–Kier alpha value is -2.62. The summed E-state index contributed by atoms with van der Waals surface area (Å²) < 4.78 is 0. The molecule has 0 atom stereocenters. The molecule has 3 aromatic rings. The number of halogens is 1. The maximum atomic E-state index is 10.9. The van der Waals surface area contributed by atoms with E-state index in [1.54, 1.807) is 19.2 Å². The number of hydrogen-bond acceptors (Lipinski definition) is 3. The summed E-state index contributed by atoms with van der Waals surface area (Å²) in [5.74, 6) is 0.664. The van der Waals surface area contributed by atoms with Crippen molar-refractivity contribution in [1.82, 2.24) is 15.6 Å². The second-order valence-corrected chi connectivity index (χ2v) is 6.34. The van der Waals surface area contributed by atoms with Gasteiger partial charge in [-0.1, -0.05) is 30.3 Å². The number of nitro benzene ring substituents is 1. The predicted molar refractivity (Wildman–Crippen MR) is 123 cm³/mol. The van der Waals surface area contributed by atoms with Crippen LogP contribution in [0.4, 0.5) is 5.69 Å². The van der Waals surface area contributed by atoms with Crippen molar-refractivity contribution in [2.45, 2.75) is 19.9 Å². The van der Waals surface area contributed by atoms with Gasteiger partial charge in [-0.15, -0.1) is 24.0 Å². The van der Waals surface area contributed by atoms with E-state index in [4.69, 9.17) is 0 Å². The van der Waals surface area contributed by atoms with Crippen LogP contribution in [0.3, 0.4) is 0 Å². The van der Waals surface area contributed by atoms with Crippen LogP contribution in [-0.4, -0.2) is 29.5 Å². The van der Waals surface area contributed by atoms with E-state index in [-0.39, 0.29) is 34.6 Å². The van der Waals surface area contributed by atoms with Crippen molar-refractivity contribution in [3.63, 3.8) is 0 Å². The summed E-state index contributed by atoms with van der Waals surface area (Å²) >= 11 is 0. The topological polar surface area (TPSA) is 95.3 Å². The van der Waals surface area contributed by atoms with Gasteiger partial charge in [-0.25, -0.2) is 0 Å². The van der Waals surface area contributed by atoms with Gasteiger partial charge in [-0.2, -0.15) is 0 Å². The molecular weight excluding hydrogens is 469 g/mol. The van der Waals surface area contributed by atoms with Crippen molar-refractivity contribution in [1.29, 1.82) is 0 Å². The molecule has 0 aliphatic heterocycles. The summed E-state index contributed by atoms with van der Waals surface area (Å²) in [6.45, 7) is 3.30. The number of H-pyrrole nitrogens is 1. The number of rotatable bonds is 6. The molecule has 1 aromatic heterocycles. The van der Waals surface area contributed by atoms with E-state index >= 15 is 0 Å². The molecule has 0 fully saturated rings. The maximum absolute atomic E-state index is 10.9. The van der Waals surface area contributed by atoms with Gasteiger partial charge >= 0.3 is 0 Å². The quantitative estimate of drug-likeness (QED) is 0.160. The van der Waals surface area contributed by atoms with Gasteiger partial charge in [0.2, 0.25) is 0 Å². The summed E-state index contributed by atoms with van der Waals surface area (Å²) in [6, 6.07) is 12.9. The van der Waals surface area contributed by atoms with E-state index in [1.807, 2.05) is 6.07 Å². The Balaban J connectivity index is 0.00000280. The average molecular weight is 493 g/mol. The number of aliphatic imine (C=N–C) groups is 1. The third-order valence-corrected chi connectivity index (χ3v) is 4.50. The van der Waals surface area contributed by atoms with Crippen molar-refractivity contribution in [3.8, 4) is 0 Å². The first-order valence-corrected chi connectivity index (χ1v) is 8.82. The molecule has 0 amide bonds. The van der Waals surface area contributed by atoms with Crippen LogP contribution in [0.2, 0.25) is 0 Å². The number of benzene rings is 2.